The molecule has 0 aliphatic rings. The van der Waals surface area contributed by atoms with Gasteiger partial charge >= 0.3 is 6.01 Å². The van der Waals surface area contributed by atoms with E-state index in [4.69, 9.17) is 9.47 Å². The van der Waals surface area contributed by atoms with Gasteiger partial charge in [0.2, 0.25) is 0 Å². The van der Waals surface area contributed by atoms with Crippen molar-refractivity contribution in [2.45, 2.75) is 6.10 Å². The quantitative estimate of drug-likeness (QED) is 0.887. The fraction of sp³-hybridized carbons (Fsp3) is 0.231. The van der Waals surface area contributed by atoms with Crippen LogP contribution in [0.2, 0.25) is 0 Å². The topological polar surface area (TPSA) is 64.5 Å². The summed E-state index contributed by atoms with van der Waals surface area (Å²) in [5, 5.41) is 10.2. The van der Waals surface area contributed by atoms with Crippen LogP contribution in [0.1, 0.15) is 17.2 Å². The molecule has 0 aliphatic heterocycles. The minimum Gasteiger partial charge on any atom is -0.497 e. The zero-order valence-electron chi connectivity index (χ0n) is 10.2. The van der Waals surface area contributed by atoms with E-state index in [-0.39, 0.29) is 6.01 Å². The van der Waals surface area contributed by atoms with Gasteiger partial charge in [-0.2, -0.15) is 0 Å². The van der Waals surface area contributed by atoms with Crippen molar-refractivity contribution < 1.29 is 14.6 Å². The normalized spacial score (nSPS) is 11.9. The number of methoxy groups -OCH3 is 2. The first-order chi connectivity index (χ1) is 8.74. The highest BCUT2D eigenvalue weighted by atomic mass is 16.5. The van der Waals surface area contributed by atoms with Gasteiger partial charge in [-0.25, -0.2) is 9.97 Å². The first-order valence-corrected chi connectivity index (χ1v) is 5.42. The Morgan fingerprint density at radius 3 is 2.06 bits per heavy atom. The van der Waals surface area contributed by atoms with Crippen molar-refractivity contribution >= 4 is 0 Å². The van der Waals surface area contributed by atoms with E-state index >= 15 is 0 Å². The zero-order chi connectivity index (χ0) is 13.0. The maximum atomic E-state index is 10.2. The first kappa shape index (κ1) is 12.3. The second-order valence-corrected chi connectivity index (χ2v) is 3.68. The van der Waals surface area contributed by atoms with E-state index in [1.807, 2.05) is 0 Å². The summed E-state index contributed by atoms with van der Waals surface area (Å²) < 4.78 is 9.93. The number of nitrogens with zero attached hydrogens (tertiary/aromatic N) is 2. The van der Waals surface area contributed by atoms with Crippen LogP contribution in [0.3, 0.4) is 0 Å². The van der Waals surface area contributed by atoms with E-state index in [0.29, 0.717) is 5.56 Å². The molecular weight excluding hydrogens is 232 g/mol. The Kier molecular flexibility index (Phi) is 3.74. The van der Waals surface area contributed by atoms with Gasteiger partial charge in [0.05, 0.1) is 14.2 Å². The van der Waals surface area contributed by atoms with Crippen LogP contribution < -0.4 is 9.47 Å². The molecule has 1 atom stereocenters. The molecule has 18 heavy (non-hydrogen) atoms. The van der Waals surface area contributed by atoms with E-state index in [2.05, 4.69) is 9.97 Å². The Balaban J connectivity index is 2.20. The molecule has 2 aromatic rings. The summed E-state index contributed by atoms with van der Waals surface area (Å²) >= 11 is 0. The van der Waals surface area contributed by atoms with Crippen molar-refractivity contribution in [3.8, 4) is 11.8 Å². The predicted octanol–water partition coefficient (Wildman–Crippen LogP) is 1.58. The molecule has 0 aliphatic carbocycles. The highest BCUT2D eigenvalue weighted by molar-refractivity contribution is 5.32. The summed E-state index contributed by atoms with van der Waals surface area (Å²) in [6.07, 6.45) is 2.32. The molecule has 5 heteroatoms. The smallest absolute Gasteiger partial charge is 0.316 e. The Bertz CT molecular complexity index is 449. The summed E-state index contributed by atoms with van der Waals surface area (Å²) in [4.78, 5) is 7.92. The number of ether oxygens (including phenoxy) is 2. The molecule has 1 unspecified atom stereocenters. The maximum absolute atomic E-state index is 10.2. The van der Waals surface area contributed by atoms with Gasteiger partial charge < -0.3 is 14.6 Å². The van der Waals surface area contributed by atoms with Gasteiger partial charge in [0, 0.05) is 18.0 Å². The summed E-state index contributed by atoms with van der Waals surface area (Å²) in [6, 6.07) is 7.47. The Morgan fingerprint density at radius 1 is 0.944 bits per heavy atom. The lowest BCUT2D eigenvalue weighted by molar-refractivity contribution is 0.218. The number of aromatic nitrogens is 2. The van der Waals surface area contributed by atoms with Gasteiger partial charge in [0.25, 0.3) is 0 Å². The molecule has 0 bridgehead atoms. The minimum absolute atomic E-state index is 0.278. The van der Waals surface area contributed by atoms with Crippen LogP contribution in [0.25, 0.3) is 0 Å². The van der Waals surface area contributed by atoms with Gasteiger partial charge in [-0.15, -0.1) is 0 Å². The lowest BCUT2D eigenvalue weighted by Crippen LogP contribution is -2.02. The number of hydrogen-bond acceptors (Lipinski definition) is 5. The van der Waals surface area contributed by atoms with Crippen LogP contribution in [0.15, 0.2) is 36.7 Å². The average Bonchev–Trinajstić information content (AvgIpc) is 2.47. The molecule has 1 aromatic heterocycles. The van der Waals surface area contributed by atoms with Crippen molar-refractivity contribution in [3.05, 3.63) is 47.8 Å². The predicted molar refractivity (Wildman–Crippen MR) is 65.6 cm³/mol. The van der Waals surface area contributed by atoms with E-state index in [9.17, 15) is 5.11 Å². The van der Waals surface area contributed by atoms with Gasteiger partial charge in [-0.05, 0) is 17.7 Å². The third-order valence-electron chi connectivity index (χ3n) is 2.58. The van der Waals surface area contributed by atoms with Crippen LogP contribution in [0.4, 0.5) is 0 Å². The van der Waals surface area contributed by atoms with Crippen molar-refractivity contribution in [3.63, 3.8) is 0 Å². The minimum atomic E-state index is -0.762. The molecule has 0 saturated heterocycles. The fourth-order valence-electron chi connectivity index (χ4n) is 1.55. The van der Waals surface area contributed by atoms with Crippen LogP contribution in [0, 0.1) is 0 Å². The Hall–Kier alpha value is -2.14. The molecule has 0 saturated carbocycles. The van der Waals surface area contributed by atoms with E-state index < -0.39 is 6.10 Å². The van der Waals surface area contributed by atoms with Gasteiger partial charge in [0.1, 0.15) is 11.9 Å². The standard InChI is InChI=1S/C13H14N2O3/c1-17-11-5-3-9(4-6-11)12(16)10-7-14-13(18-2)15-8-10/h3-8,12,16H,1-2H3. The van der Waals surface area contributed by atoms with Crippen LogP contribution in [0.5, 0.6) is 11.8 Å². The number of rotatable bonds is 4. The number of benzene rings is 1. The average molecular weight is 246 g/mol. The monoisotopic (exact) mass is 246 g/mol. The van der Waals surface area contributed by atoms with Crippen molar-refractivity contribution in [2.24, 2.45) is 0 Å². The lowest BCUT2D eigenvalue weighted by atomic mass is 10.0. The maximum Gasteiger partial charge on any atom is 0.316 e. The van der Waals surface area contributed by atoms with E-state index in [0.717, 1.165) is 11.3 Å². The molecule has 1 heterocycles. The third kappa shape index (κ3) is 2.57. The Morgan fingerprint density at radius 2 is 1.56 bits per heavy atom. The van der Waals surface area contributed by atoms with Crippen LogP contribution in [-0.2, 0) is 0 Å². The molecule has 0 amide bonds. The van der Waals surface area contributed by atoms with Gasteiger partial charge in [-0.1, -0.05) is 12.1 Å². The summed E-state index contributed by atoms with van der Waals surface area (Å²) in [7, 11) is 3.09. The van der Waals surface area contributed by atoms with Crippen molar-refractivity contribution in [1.82, 2.24) is 9.97 Å². The van der Waals surface area contributed by atoms with Crippen LogP contribution >= 0.6 is 0 Å². The highest BCUT2D eigenvalue weighted by Crippen LogP contribution is 2.23. The molecule has 0 spiro atoms. The molecule has 94 valence electrons. The number of aliphatic hydroxyl groups excluding tert-OH is 1. The van der Waals surface area contributed by atoms with Crippen LogP contribution in [-0.4, -0.2) is 29.3 Å². The largest absolute Gasteiger partial charge is 0.497 e. The summed E-state index contributed by atoms with van der Waals surface area (Å²) in [5.74, 6) is 0.747. The molecular formula is C13H14N2O3. The fourth-order valence-corrected chi connectivity index (χ4v) is 1.55. The molecule has 5 nitrogen and oxygen atoms in total. The number of hydrogen-bond donors (Lipinski definition) is 1. The SMILES string of the molecule is COc1ccc(C(O)c2cnc(OC)nc2)cc1. The Labute approximate surface area is 105 Å². The van der Waals surface area contributed by atoms with E-state index in [1.165, 1.54) is 7.11 Å². The highest BCUT2D eigenvalue weighted by Gasteiger charge is 2.11. The molecule has 1 aromatic carbocycles. The molecule has 1 N–H and O–H groups in total. The second-order valence-electron chi connectivity index (χ2n) is 3.68. The lowest BCUT2D eigenvalue weighted by Gasteiger charge is -2.11. The van der Waals surface area contributed by atoms with Crippen molar-refractivity contribution in [1.29, 1.82) is 0 Å². The summed E-state index contributed by atoms with van der Waals surface area (Å²) in [6.45, 7) is 0. The van der Waals surface area contributed by atoms with E-state index in [1.54, 1.807) is 43.8 Å². The zero-order valence-corrected chi connectivity index (χ0v) is 10.2. The number of aliphatic hydroxyl groups is 1. The second kappa shape index (κ2) is 5.46. The van der Waals surface area contributed by atoms with Gasteiger partial charge in [0.15, 0.2) is 0 Å². The molecule has 0 fully saturated rings. The third-order valence-corrected chi connectivity index (χ3v) is 2.58. The molecule has 0 radical (unpaired) electrons. The first-order valence-electron chi connectivity index (χ1n) is 5.42. The van der Waals surface area contributed by atoms with Gasteiger partial charge in [-0.3, -0.25) is 0 Å². The van der Waals surface area contributed by atoms with Crippen molar-refractivity contribution in [2.75, 3.05) is 14.2 Å². The molecule has 2 rings (SSSR count). The summed E-state index contributed by atoms with van der Waals surface area (Å²) in [5.41, 5.74) is 1.37.